The highest BCUT2D eigenvalue weighted by molar-refractivity contribution is 7.71. The molecule has 1 saturated heterocycles. The van der Waals surface area contributed by atoms with Crippen LogP contribution < -0.4 is 4.74 Å². The number of phenolic OH excluding ortho intramolecular Hbond substituents is 1. The number of aromatic hydroxyl groups is 1. The lowest BCUT2D eigenvalue weighted by Gasteiger charge is -2.07. The molecule has 7 nitrogen and oxygen atoms in total. The van der Waals surface area contributed by atoms with Gasteiger partial charge in [0, 0.05) is 12.2 Å². The molecule has 0 unspecified atom stereocenters. The van der Waals surface area contributed by atoms with Crippen LogP contribution in [0.5, 0.6) is 11.5 Å². The number of methoxy groups -OCH3 is 1. The van der Waals surface area contributed by atoms with Crippen LogP contribution >= 0.6 is 12.2 Å². The lowest BCUT2D eigenvalue weighted by atomic mass is 10.2. The van der Waals surface area contributed by atoms with E-state index in [1.165, 1.54) is 10.9 Å². The smallest absolute Gasteiger partial charge is 0.216 e. The largest absolute Gasteiger partial charge is 0.507 e. The lowest BCUT2D eigenvalue weighted by Crippen LogP contribution is -2.05. The summed E-state index contributed by atoms with van der Waals surface area (Å²) < 4.78 is 12.6. The van der Waals surface area contributed by atoms with Gasteiger partial charge in [-0.25, -0.2) is 0 Å². The fourth-order valence-electron chi connectivity index (χ4n) is 2.29. The Morgan fingerprint density at radius 2 is 2.45 bits per heavy atom. The molecular formula is C14H16N4O3S. The monoisotopic (exact) mass is 320 g/mol. The number of nitrogens with zero attached hydrogens (tertiary/aromatic N) is 3. The Morgan fingerprint density at radius 3 is 3.18 bits per heavy atom. The minimum Gasteiger partial charge on any atom is -0.507 e. The number of H-pyrrole nitrogens is 1. The van der Waals surface area contributed by atoms with Crippen LogP contribution in [-0.4, -0.2) is 39.9 Å². The average Bonchev–Trinajstić information content (AvgIpc) is 3.16. The molecule has 3 rings (SSSR count). The number of ether oxygens (including phenoxy) is 2. The first-order valence-corrected chi connectivity index (χ1v) is 7.30. The van der Waals surface area contributed by atoms with Gasteiger partial charge in [-0.05, 0) is 43.3 Å². The second-order valence-electron chi connectivity index (χ2n) is 4.87. The SMILES string of the molecule is COc1ccc(O)c(/C=N/n2c([C@H]3CCCO3)n[nH]c2=S)c1. The summed E-state index contributed by atoms with van der Waals surface area (Å²) in [6.45, 7) is 0.713. The van der Waals surface area contributed by atoms with Gasteiger partial charge in [-0.2, -0.15) is 14.9 Å². The van der Waals surface area contributed by atoms with Crippen molar-refractivity contribution in [1.29, 1.82) is 0 Å². The van der Waals surface area contributed by atoms with Gasteiger partial charge in [-0.15, -0.1) is 0 Å². The van der Waals surface area contributed by atoms with Crippen molar-refractivity contribution in [3.05, 3.63) is 34.4 Å². The van der Waals surface area contributed by atoms with Crippen molar-refractivity contribution in [2.24, 2.45) is 5.10 Å². The number of phenols is 1. The third-order valence-electron chi connectivity index (χ3n) is 3.44. The normalized spacial score (nSPS) is 18.1. The van der Waals surface area contributed by atoms with E-state index in [2.05, 4.69) is 15.3 Å². The van der Waals surface area contributed by atoms with E-state index in [9.17, 15) is 5.11 Å². The van der Waals surface area contributed by atoms with Crippen LogP contribution in [0.25, 0.3) is 0 Å². The number of hydrogen-bond acceptors (Lipinski definition) is 6. The van der Waals surface area contributed by atoms with Crippen molar-refractivity contribution in [2.45, 2.75) is 18.9 Å². The molecule has 0 saturated carbocycles. The van der Waals surface area contributed by atoms with Crippen molar-refractivity contribution < 1.29 is 14.6 Å². The van der Waals surface area contributed by atoms with Gasteiger partial charge in [-0.1, -0.05) is 0 Å². The zero-order valence-electron chi connectivity index (χ0n) is 12.0. The predicted octanol–water partition coefficient (Wildman–Crippen LogP) is 2.39. The van der Waals surface area contributed by atoms with Crippen LogP contribution in [0.15, 0.2) is 23.3 Å². The molecule has 1 atom stereocenters. The summed E-state index contributed by atoms with van der Waals surface area (Å²) in [7, 11) is 1.56. The van der Waals surface area contributed by atoms with Gasteiger partial charge < -0.3 is 14.6 Å². The molecule has 8 heteroatoms. The molecule has 1 aromatic heterocycles. The summed E-state index contributed by atoms with van der Waals surface area (Å²) in [6.07, 6.45) is 3.29. The molecule has 116 valence electrons. The first kappa shape index (κ1) is 14.7. The number of aromatic amines is 1. The van der Waals surface area contributed by atoms with Gasteiger partial charge in [-0.3, -0.25) is 5.10 Å². The van der Waals surface area contributed by atoms with Crippen LogP contribution in [0.2, 0.25) is 0 Å². The minimum atomic E-state index is -0.107. The molecule has 1 aliphatic heterocycles. The third kappa shape index (κ3) is 2.88. The number of rotatable bonds is 4. The summed E-state index contributed by atoms with van der Waals surface area (Å²) in [4.78, 5) is 0. The van der Waals surface area contributed by atoms with Gasteiger partial charge in [0.05, 0.1) is 13.3 Å². The third-order valence-corrected chi connectivity index (χ3v) is 3.70. The summed E-state index contributed by atoms with van der Waals surface area (Å²) in [5.41, 5.74) is 0.528. The molecule has 1 aromatic carbocycles. The zero-order valence-corrected chi connectivity index (χ0v) is 12.8. The second-order valence-corrected chi connectivity index (χ2v) is 5.26. The molecule has 0 amide bonds. The first-order chi connectivity index (χ1) is 10.7. The summed E-state index contributed by atoms with van der Waals surface area (Å²) in [6, 6.07) is 4.91. The number of nitrogens with one attached hydrogen (secondary N) is 1. The molecule has 2 heterocycles. The highest BCUT2D eigenvalue weighted by Crippen LogP contribution is 2.27. The maximum absolute atomic E-state index is 9.88. The van der Waals surface area contributed by atoms with Crippen molar-refractivity contribution in [1.82, 2.24) is 14.9 Å². The maximum Gasteiger partial charge on any atom is 0.216 e. The van der Waals surface area contributed by atoms with E-state index in [0.717, 1.165) is 12.8 Å². The zero-order chi connectivity index (χ0) is 15.5. The predicted molar refractivity (Wildman–Crippen MR) is 83.0 cm³/mol. The van der Waals surface area contributed by atoms with Crippen molar-refractivity contribution in [3.8, 4) is 11.5 Å². The second kappa shape index (κ2) is 6.29. The van der Waals surface area contributed by atoms with E-state index in [1.807, 2.05) is 0 Å². The summed E-state index contributed by atoms with van der Waals surface area (Å²) in [5, 5.41) is 21.1. The highest BCUT2D eigenvalue weighted by atomic mass is 32.1. The van der Waals surface area contributed by atoms with Gasteiger partial charge in [0.25, 0.3) is 0 Å². The molecule has 0 radical (unpaired) electrons. The van der Waals surface area contributed by atoms with Crippen LogP contribution in [0.4, 0.5) is 0 Å². The summed E-state index contributed by atoms with van der Waals surface area (Å²) >= 11 is 5.19. The Hall–Kier alpha value is -2.19. The lowest BCUT2D eigenvalue weighted by molar-refractivity contribution is 0.102. The van der Waals surface area contributed by atoms with Gasteiger partial charge >= 0.3 is 0 Å². The Kier molecular flexibility index (Phi) is 4.21. The molecule has 1 fully saturated rings. The van der Waals surface area contributed by atoms with Crippen molar-refractivity contribution in [2.75, 3.05) is 13.7 Å². The van der Waals surface area contributed by atoms with Gasteiger partial charge in [0.2, 0.25) is 4.77 Å². The van der Waals surface area contributed by atoms with Crippen LogP contribution in [0.3, 0.4) is 0 Å². The van der Waals surface area contributed by atoms with E-state index in [1.54, 1.807) is 25.3 Å². The fraction of sp³-hybridized carbons (Fsp3) is 0.357. The molecule has 0 aliphatic carbocycles. The molecule has 2 N–H and O–H groups in total. The molecule has 0 spiro atoms. The van der Waals surface area contributed by atoms with Crippen molar-refractivity contribution >= 4 is 18.4 Å². The molecule has 2 aromatic rings. The van der Waals surface area contributed by atoms with Crippen molar-refractivity contribution in [3.63, 3.8) is 0 Å². The number of hydrogen-bond donors (Lipinski definition) is 2. The van der Waals surface area contributed by atoms with Crippen LogP contribution in [0.1, 0.15) is 30.3 Å². The topological polar surface area (TPSA) is 84.7 Å². The molecular weight excluding hydrogens is 304 g/mol. The van der Waals surface area contributed by atoms with E-state index >= 15 is 0 Å². The average molecular weight is 320 g/mol. The summed E-state index contributed by atoms with van der Waals surface area (Å²) in [5.74, 6) is 1.38. The Labute approximate surface area is 132 Å². The highest BCUT2D eigenvalue weighted by Gasteiger charge is 2.23. The minimum absolute atomic E-state index is 0.107. The van der Waals surface area contributed by atoms with E-state index in [4.69, 9.17) is 21.7 Å². The van der Waals surface area contributed by atoms with E-state index < -0.39 is 0 Å². The fourth-order valence-corrected chi connectivity index (χ4v) is 2.47. The maximum atomic E-state index is 9.88. The Bertz CT molecular complexity index is 747. The van der Waals surface area contributed by atoms with E-state index in [0.29, 0.717) is 28.5 Å². The first-order valence-electron chi connectivity index (χ1n) is 6.89. The van der Waals surface area contributed by atoms with Crippen LogP contribution in [-0.2, 0) is 4.74 Å². The quantitative estimate of drug-likeness (QED) is 0.667. The molecule has 22 heavy (non-hydrogen) atoms. The van der Waals surface area contributed by atoms with Crippen LogP contribution in [0, 0.1) is 4.77 Å². The number of aromatic nitrogens is 3. The standard InChI is InChI=1S/C14H16N4O3S/c1-20-10-4-5-11(19)9(7-10)8-15-18-13(16-17-14(18)22)12-3-2-6-21-12/h4-5,7-8,12,19H,2-3,6H2,1H3,(H,17,22)/b15-8+/t12-/m1/s1. The van der Waals surface area contributed by atoms with E-state index in [-0.39, 0.29) is 11.9 Å². The van der Waals surface area contributed by atoms with Gasteiger partial charge in [0.1, 0.15) is 17.6 Å². The Balaban J connectivity index is 1.93. The molecule has 0 bridgehead atoms. The number of benzene rings is 1. The Morgan fingerprint density at radius 1 is 1.59 bits per heavy atom. The molecule has 1 aliphatic rings. The van der Waals surface area contributed by atoms with Gasteiger partial charge in [0.15, 0.2) is 5.82 Å².